The Labute approximate surface area is 158 Å². The first-order valence-electron chi connectivity index (χ1n) is 9.36. The lowest BCUT2D eigenvalue weighted by Gasteiger charge is -2.36. The Morgan fingerprint density at radius 1 is 1.15 bits per heavy atom. The number of para-hydroxylation sites is 1. The molecular formula is C20H24N6O. The molecule has 1 aliphatic heterocycles. The third-order valence-corrected chi connectivity index (χ3v) is 5.15. The molecule has 4 rings (SSSR count). The molecule has 0 atom stereocenters. The summed E-state index contributed by atoms with van der Waals surface area (Å²) in [7, 11) is 0. The summed E-state index contributed by atoms with van der Waals surface area (Å²) in [6.07, 6.45) is 9.71. The van der Waals surface area contributed by atoms with E-state index in [9.17, 15) is 4.79 Å². The maximum absolute atomic E-state index is 13.0. The summed E-state index contributed by atoms with van der Waals surface area (Å²) in [5.41, 5.74) is 1.53. The van der Waals surface area contributed by atoms with Crippen LogP contribution in [0.5, 0.6) is 0 Å². The molecule has 1 aliphatic rings. The zero-order valence-electron chi connectivity index (χ0n) is 15.2. The van der Waals surface area contributed by atoms with E-state index >= 15 is 0 Å². The second-order valence-electron chi connectivity index (χ2n) is 6.87. The SMILES string of the molecule is O=C(NCCc1cnn(-c2ccccc2)c1)C1(n2cccn2)CCNCC1. The van der Waals surface area contributed by atoms with Crippen molar-refractivity contribution < 1.29 is 4.79 Å². The highest BCUT2D eigenvalue weighted by molar-refractivity contribution is 5.84. The molecule has 0 bridgehead atoms. The van der Waals surface area contributed by atoms with E-state index in [1.165, 1.54) is 0 Å². The van der Waals surface area contributed by atoms with Gasteiger partial charge in [0.25, 0.3) is 0 Å². The number of aromatic nitrogens is 4. The number of benzene rings is 1. The van der Waals surface area contributed by atoms with E-state index in [0.29, 0.717) is 6.54 Å². The van der Waals surface area contributed by atoms with Crippen LogP contribution < -0.4 is 10.6 Å². The molecule has 1 saturated heterocycles. The average molecular weight is 364 g/mol. The van der Waals surface area contributed by atoms with Gasteiger partial charge in [-0.3, -0.25) is 9.48 Å². The van der Waals surface area contributed by atoms with Gasteiger partial charge in [-0.1, -0.05) is 18.2 Å². The molecule has 0 aliphatic carbocycles. The molecule has 3 aromatic rings. The highest BCUT2D eigenvalue weighted by atomic mass is 16.2. The van der Waals surface area contributed by atoms with E-state index in [0.717, 1.165) is 43.6 Å². The first-order valence-corrected chi connectivity index (χ1v) is 9.36. The Morgan fingerprint density at radius 2 is 1.96 bits per heavy atom. The summed E-state index contributed by atoms with van der Waals surface area (Å²) < 4.78 is 3.67. The lowest BCUT2D eigenvalue weighted by Crippen LogP contribution is -2.54. The Kier molecular flexibility index (Phi) is 5.02. The Morgan fingerprint density at radius 3 is 2.70 bits per heavy atom. The highest BCUT2D eigenvalue weighted by Crippen LogP contribution is 2.27. The van der Waals surface area contributed by atoms with E-state index in [-0.39, 0.29) is 5.91 Å². The van der Waals surface area contributed by atoms with Gasteiger partial charge in [0, 0.05) is 25.1 Å². The molecule has 0 radical (unpaired) electrons. The molecule has 1 aromatic carbocycles. The molecule has 0 unspecified atom stereocenters. The van der Waals surface area contributed by atoms with Crippen LogP contribution in [0.1, 0.15) is 18.4 Å². The summed E-state index contributed by atoms with van der Waals surface area (Å²) in [4.78, 5) is 13.0. The molecule has 2 aromatic heterocycles. The summed E-state index contributed by atoms with van der Waals surface area (Å²) in [6.45, 7) is 2.21. The fourth-order valence-electron chi connectivity index (χ4n) is 3.62. The molecule has 140 valence electrons. The molecule has 2 N–H and O–H groups in total. The summed E-state index contributed by atoms with van der Waals surface area (Å²) in [6, 6.07) is 11.9. The van der Waals surface area contributed by atoms with Gasteiger partial charge in [0.1, 0.15) is 5.54 Å². The fourth-order valence-corrected chi connectivity index (χ4v) is 3.62. The lowest BCUT2D eigenvalue weighted by atomic mass is 9.87. The predicted molar refractivity (Wildman–Crippen MR) is 103 cm³/mol. The van der Waals surface area contributed by atoms with Gasteiger partial charge in [-0.25, -0.2) is 4.68 Å². The number of hydrogen-bond acceptors (Lipinski definition) is 4. The van der Waals surface area contributed by atoms with Crippen LogP contribution in [0.2, 0.25) is 0 Å². The second-order valence-corrected chi connectivity index (χ2v) is 6.87. The van der Waals surface area contributed by atoms with Gasteiger partial charge < -0.3 is 10.6 Å². The minimum absolute atomic E-state index is 0.0446. The van der Waals surface area contributed by atoms with Crippen molar-refractivity contribution in [2.24, 2.45) is 0 Å². The van der Waals surface area contributed by atoms with Crippen molar-refractivity contribution >= 4 is 5.91 Å². The van der Waals surface area contributed by atoms with Crippen molar-refractivity contribution in [1.29, 1.82) is 0 Å². The maximum atomic E-state index is 13.0. The number of amides is 1. The Hall–Kier alpha value is -2.93. The minimum atomic E-state index is -0.594. The summed E-state index contributed by atoms with van der Waals surface area (Å²) in [5, 5.41) is 15.2. The third kappa shape index (κ3) is 3.64. The van der Waals surface area contributed by atoms with Gasteiger partial charge in [-0.2, -0.15) is 10.2 Å². The molecule has 7 heteroatoms. The lowest BCUT2D eigenvalue weighted by molar-refractivity contribution is -0.131. The average Bonchev–Trinajstić information content (AvgIpc) is 3.42. The van der Waals surface area contributed by atoms with E-state index in [1.807, 2.05) is 64.4 Å². The topological polar surface area (TPSA) is 76.8 Å². The molecule has 1 fully saturated rings. The first-order chi connectivity index (χ1) is 13.3. The number of carbonyl (C=O) groups is 1. The van der Waals surface area contributed by atoms with Crippen LogP contribution in [-0.2, 0) is 16.8 Å². The van der Waals surface area contributed by atoms with Crippen LogP contribution in [0.15, 0.2) is 61.2 Å². The van der Waals surface area contributed by atoms with Gasteiger partial charge in [0.15, 0.2) is 0 Å². The van der Waals surface area contributed by atoms with Crippen LogP contribution in [-0.4, -0.2) is 45.1 Å². The van der Waals surface area contributed by atoms with Gasteiger partial charge >= 0.3 is 0 Å². The molecule has 27 heavy (non-hydrogen) atoms. The van der Waals surface area contributed by atoms with Gasteiger partial charge in [0.2, 0.25) is 5.91 Å². The van der Waals surface area contributed by atoms with E-state index in [4.69, 9.17) is 0 Å². The van der Waals surface area contributed by atoms with Crippen molar-refractivity contribution in [3.63, 3.8) is 0 Å². The van der Waals surface area contributed by atoms with Crippen LogP contribution in [0, 0.1) is 0 Å². The molecule has 0 spiro atoms. The van der Waals surface area contributed by atoms with E-state index in [1.54, 1.807) is 6.20 Å². The zero-order valence-corrected chi connectivity index (χ0v) is 15.2. The highest BCUT2D eigenvalue weighted by Gasteiger charge is 2.41. The Balaban J connectivity index is 1.38. The van der Waals surface area contributed by atoms with Crippen LogP contribution in [0.4, 0.5) is 0 Å². The summed E-state index contributed by atoms with van der Waals surface area (Å²) in [5.74, 6) is 0.0446. The monoisotopic (exact) mass is 364 g/mol. The van der Waals surface area contributed by atoms with E-state index in [2.05, 4.69) is 20.8 Å². The van der Waals surface area contributed by atoms with Crippen molar-refractivity contribution in [3.05, 3.63) is 66.7 Å². The van der Waals surface area contributed by atoms with Gasteiger partial charge in [-0.05, 0) is 56.1 Å². The number of carbonyl (C=O) groups excluding carboxylic acids is 1. The number of hydrogen-bond donors (Lipinski definition) is 2. The van der Waals surface area contributed by atoms with Crippen LogP contribution in [0.3, 0.4) is 0 Å². The van der Waals surface area contributed by atoms with Crippen molar-refractivity contribution in [2.75, 3.05) is 19.6 Å². The second kappa shape index (κ2) is 7.75. The molecule has 3 heterocycles. The number of nitrogens with zero attached hydrogens (tertiary/aromatic N) is 4. The van der Waals surface area contributed by atoms with Crippen LogP contribution >= 0.6 is 0 Å². The molecule has 1 amide bonds. The number of nitrogens with one attached hydrogen (secondary N) is 2. The zero-order chi connectivity index (χ0) is 18.5. The molecule has 7 nitrogen and oxygen atoms in total. The normalized spacial score (nSPS) is 16.1. The number of rotatable bonds is 6. The van der Waals surface area contributed by atoms with Crippen molar-refractivity contribution in [1.82, 2.24) is 30.2 Å². The van der Waals surface area contributed by atoms with E-state index < -0.39 is 5.54 Å². The molecular weight excluding hydrogens is 340 g/mol. The smallest absolute Gasteiger partial charge is 0.248 e. The first kappa shape index (κ1) is 17.5. The van der Waals surface area contributed by atoms with Crippen LogP contribution in [0.25, 0.3) is 5.69 Å². The van der Waals surface area contributed by atoms with Crippen molar-refractivity contribution in [3.8, 4) is 5.69 Å². The molecule has 0 saturated carbocycles. The predicted octanol–water partition coefficient (Wildman–Crippen LogP) is 1.51. The quantitative estimate of drug-likeness (QED) is 0.695. The number of piperidine rings is 1. The maximum Gasteiger partial charge on any atom is 0.248 e. The minimum Gasteiger partial charge on any atom is -0.354 e. The standard InChI is InChI=1S/C20H24N6O/c27-19(20(8-12-21-13-9-20)26-14-4-10-23-26)22-11-7-17-15-24-25(16-17)18-5-2-1-3-6-18/h1-6,10,14-16,21H,7-9,11-13H2,(H,22,27). The fraction of sp³-hybridized carbons (Fsp3) is 0.350. The van der Waals surface area contributed by atoms with Crippen molar-refractivity contribution in [2.45, 2.75) is 24.8 Å². The van der Waals surface area contributed by atoms with Gasteiger partial charge in [0.05, 0.1) is 11.9 Å². The Bertz CT molecular complexity index is 865. The third-order valence-electron chi connectivity index (χ3n) is 5.15. The van der Waals surface area contributed by atoms with Gasteiger partial charge in [-0.15, -0.1) is 0 Å². The largest absolute Gasteiger partial charge is 0.354 e. The summed E-state index contributed by atoms with van der Waals surface area (Å²) >= 11 is 0.